The van der Waals surface area contributed by atoms with Crippen molar-refractivity contribution in [1.29, 1.82) is 5.41 Å². The number of likely N-dealkylation sites (N-methyl/N-ethyl adjacent to an activating group) is 1. The van der Waals surface area contributed by atoms with Gasteiger partial charge in [-0.25, -0.2) is 0 Å². The van der Waals surface area contributed by atoms with Gasteiger partial charge in [0.1, 0.15) is 6.54 Å². The standard InChI is InChI=1S/C5H11N3O2/c1-2-8(5(6)7)3-4(9)10/h2-3H2,1H3,(H3,6,7)(H,9,10). The van der Waals surface area contributed by atoms with E-state index in [2.05, 4.69) is 0 Å². The van der Waals surface area contributed by atoms with Gasteiger partial charge in [-0.1, -0.05) is 0 Å². The van der Waals surface area contributed by atoms with Crippen molar-refractivity contribution in [3.05, 3.63) is 0 Å². The highest BCUT2D eigenvalue weighted by atomic mass is 16.4. The maximum Gasteiger partial charge on any atom is 0.323 e. The first-order valence-electron chi connectivity index (χ1n) is 2.88. The van der Waals surface area contributed by atoms with E-state index in [4.69, 9.17) is 16.2 Å². The Kier molecular flexibility index (Phi) is 3.24. The van der Waals surface area contributed by atoms with Gasteiger partial charge in [0.25, 0.3) is 0 Å². The molecule has 0 rings (SSSR count). The number of rotatable bonds is 3. The number of nitrogens with zero attached hydrogens (tertiary/aromatic N) is 1. The molecule has 0 saturated heterocycles. The number of guanidine groups is 1. The highest BCUT2D eigenvalue weighted by Crippen LogP contribution is 1.83. The Labute approximate surface area is 58.9 Å². The Bertz CT molecular complexity index is 146. The van der Waals surface area contributed by atoms with E-state index in [0.717, 1.165) is 0 Å². The highest BCUT2D eigenvalue weighted by Gasteiger charge is 2.06. The molecule has 0 saturated carbocycles. The number of hydrogen-bond acceptors (Lipinski definition) is 2. The van der Waals surface area contributed by atoms with Crippen LogP contribution >= 0.6 is 0 Å². The fourth-order valence-corrected chi connectivity index (χ4v) is 0.531. The minimum Gasteiger partial charge on any atom is -0.480 e. The van der Waals surface area contributed by atoms with E-state index in [1.165, 1.54) is 4.90 Å². The van der Waals surface area contributed by atoms with Gasteiger partial charge < -0.3 is 15.7 Å². The zero-order valence-corrected chi connectivity index (χ0v) is 5.79. The predicted octanol–water partition coefficient (Wildman–Crippen LogP) is -0.714. The lowest BCUT2D eigenvalue weighted by atomic mass is 10.5. The van der Waals surface area contributed by atoms with Crippen LogP contribution in [0, 0.1) is 5.41 Å². The van der Waals surface area contributed by atoms with Crippen molar-refractivity contribution in [2.45, 2.75) is 6.92 Å². The first-order chi connectivity index (χ1) is 4.57. The van der Waals surface area contributed by atoms with Gasteiger partial charge in [-0.05, 0) is 6.92 Å². The third kappa shape index (κ3) is 2.91. The summed E-state index contributed by atoms with van der Waals surface area (Å²) in [6, 6.07) is 0. The number of carboxylic acids is 1. The molecule has 0 aromatic carbocycles. The molecule has 0 aromatic rings. The summed E-state index contributed by atoms with van der Waals surface area (Å²) in [5.74, 6) is -1.18. The Hall–Kier alpha value is -1.26. The van der Waals surface area contributed by atoms with Crippen molar-refractivity contribution < 1.29 is 9.90 Å². The van der Waals surface area contributed by atoms with Gasteiger partial charge in [0.15, 0.2) is 5.96 Å². The third-order valence-electron chi connectivity index (χ3n) is 1.05. The Balaban J connectivity index is 3.83. The number of aliphatic carboxylic acids is 1. The van der Waals surface area contributed by atoms with Gasteiger partial charge in [0.05, 0.1) is 0 Å². The zero-order chi connectivity index (χ0) is 8.15. The van der Waals surface area contributed by atoms with Crippen molar-refractivity contribution >= 4 is 11.9 Å². The normalized spacial score (nSPS) is 8.90. The molecule has 4 N–H and O–H groups in total. The van der Waals surface area contributed by atoms with Crippen LogP contribution < -0.4 is 5.73 Å². The Morgan fingerprint density at radius 3 is 2.40 bits per heavy atom. The molecule has 0 amide bonds. The van der Waals surface area contributed by atoms with Gasteiger partial charge in [-0.2, -0.15) is 0 Å². The van der Waals surface area contributed by atoms with Crippen LogP contribution in [0.4, 0.5) is 0 Å². The van der Waals surface area contributed by atoms with E-state index >= 15 is 0 Å². The summed E-state index contributed by atoms with van der Waals surface area (Å²) in [6.07, 6.45) is 0. The van der Waals surface area contributed by atoms with Crippen LogP contribution in [0.15, 0.2) is 0 Å². The van der Waals surface area contributed by atoms with E-state index in [1.54, 1.807) is 6.92 Å². The molecule has 5 heteroatoms. The molecule has 0 heterocycles. The van der Waals surface area contributed by atoms with E-state index in [0.29, 0.717) is 6.54 Å². The summed E-state index contributed by atoms with van der Waals surface area (Å²) in [5.41, 5.74) is 5.04. The Morgan fingerprint density at radius 1 is 1.80 bits per heavy atom. The van der Waals surface area contributed by atoms with Crippen molar-refractivity contribution in [3.8, 4) is 0 Å². The third-order valence-corrected chi connectivity index (χ3v) is 1.05. The van der Waals surface area contributed by atoms with Gasteiger partial charge in [-0.15, -0.1) is 0 Å². The lowest BCUT2D eigenvalue weighted by Crippen LogP contribution is -2.39. The van der Waals surface area contributed by atoms with E-state index in [-0.39, 0.29) is 12.5 Å². The maximum absolute atomic E-state index is 10.1. The van der Waals surface area contributed by atoms with Crippen LogP contribution in [0.5, 0.6) is 0 Å². The van der Waals surface area contributed by atoms with Crippen LogP contribution in [-0.2, 0) is 4.79 Å². The molecule has 0 aromatic heterocycles. The van der Waals surface area contributed by atoms with Crippen LogP contribution in [0.2, 0.25) is 0 Å². The quantitative estimate of drug-likeness (QED) is 0.361. The lowest BCUT2D eigenvalue weighted by molar-refractivity contribution is -0.137. The summed E-state index contributed by atoms with van der Waals surface area (Å²) in [7, 11) is 0. The van der Waals surface area contributed by atoms with Crippen LogP contribution in [-0.4, -0.2) is 35.0 Å². The van der Waals surface area contributed by atoms with Crippen molar-refractivity contribution in [2.24, 2.45) is 5.73 Å². The molecule has 10 heavy (non-hydrogen) atoms. The Morgan fingerprint density at radius 2 is 2.30 bits per heavy atom. The molecule has 0 aliphatic heterocycles. The van der Waals surface area contributed by atoms with Gasteiger partial charge in [0.2, 0.25) is 0 Å². The minimum atomic E-state index is -0.975. The summed E-state index contributed by atoms with van der Waals surface area (Å²) >= 11 is 0. The zero-order valence-electron chi connectivity index (χ0n) is 5.79. The highest BCUT2D eigenvalue weighted by molar-refractivity contribution is 5.80. The maximum atomic E-state index is 10.1. The van der Waals surface area contributed by atoms with Crippen molar-refractivity contribution in [1.82, 2.24) is 4.90 Å². The molecular weight excluding hydrogens is 134 g/mol. The molecular formula is C5H11N3O2. The monoisotopic (exact) mass is 145 g/mol. The van der Waals surface area contributed by atoms with E-state index in [9.17, 15) is 4.79 Å². The fraction of sp³-hybridized carbons (Fsp3) is 0.600. The number of hydrogen-bond donors (Lipinski definition) is 3. The molecule has 0 radical (unpaired) electrons. The molecule has 58 valence electrons. The molecule has 0 unspecified atom stereocenters. The number of nitrogens with one attached hydrogen (secondary N) is 1. The topological polar surface area (TPSA) is 90.4 Å². The lowest BCUT2D eigenvalue weighted by Gasteiger charge is -2.17. The van der Waals surface area contributed by atoms with E-state index < -0.39 is 5.97 Å². The second-order valence-electron chi connectivity index (χ2n) is 1.79. The van der Waals surface area contributed by atoms with Crippen LogP contribution in [0.1, 0.15) is 6.92 Å². The smallest absolute Gasteiger partial charge is 0.323 e. The van der Waals surface area contributed by atoms with Gasteiger partial charge in [-0.3, -0.25) is 10.2 Å². The number of carboxylic acid groups (broad SMARTS) is 1. The summed E-state index contributed by atoms with van der Waals surface area (Å²) in [4.78, 5) is 11.3. The first kappa shape index (κ1) is 8.74. The summed E-state index contributed by atoms with van der Waals surface area (Å²) in [6.45, 7) is 1.98. The summed E-state index contributed by atoms with van der Waals surface area (Å²) < 4.78 is 0. The molecule has 0 aliphatic rings. The molecule has 0 fully saturated rings. The van der Waals surface area contributed by atoms with E-state index in [1.807, 2.05) is 0 Å². The minimum absolute atomic E-state index is 0.203. The van der Waals surface area contributed by atoms with Crippen LogP contribution in [0.25, 0.3) is 0 Å². The number of nitrogens with two attached hydrogens (primary N) is 1. The molecule has 0 bridgehead atoms. The fourth-order valence-electron chi connectivity index (χ4n) is 0.531. The van der Waals surface area contributed by atoms with Gasteiger partial charge >= 0.3 is 5.97 Å². The molecule has 0 spiro atoms. The van der Waals surface area contributed by atoms with Crippen LogP contribution in [0.3, 0.4) is 0 Å². The SMILES string of the molecule is CCN(CC(=O)O)C(=N)N. The second kappa shape index (κ2) is 3.71. The largest absolute Gasteiger partial charge is 0.480 e. The predicted molar refractivity (Wildman–Crippen MR) is 36.8 cm³/mol. The van der Waals surface area contributed by atoms with Crippen molar-refractivity contribution in [2.75, 3.05) is 13.1 Å². The molecule has 0 aliphatic carbocycles. The average molecular weight is 145 g/mol. The average Bonchev–Trinajstić information content (AvgIpc) is 1.81. The van der Waals surface area contributed by atoms with Crippen molar-refractivity contribution in [3.63, 3.8) is 0 Å². The number of carbonyl (C=O) groups is 1. The van der Waals surface area contributed by atoms with Gasteiger partial charge in [0, 0.05) is 6.54 Å². The molecule has 0 atom stereocenters. The molecule has 5 nitrogen and oxygen atoms in total. The first-order valence-corrected chi connectivity index (χ1v) is 2.88. The summed E-state index contributed by atoms with van der Waals surface area (Å²) in [5, 5.41) is 15.2. The second-order valence-corrected chi connectivity index (χ2v) is 1.79.